The monoisotopic (exact) mass is 427 g/mol. The normalized spacial score (nSPS) is 17.5. The first-order chi connectivity index (χ1) is 15.3. The fraction of sp³-hybridized carbons (Fsp3) is 0.296. The predicted octanol–water partition coefficient (Wildman–Crippen LogP) is 4.72. The van der Waals surface area contributed by atoms with Crippen LogP contribution in [0, 0.1) is 0 Å². The highest BCUT2D eigenvalue weighted by atomic mass is 15.1. The van der Waals surface area contributed by atoms with Crippen LogP contribution in [0.1, 0.15) is 28.8 Å². The van der Waals surface area contributed by atoms with Crippen molar-refractivity contribution in [1.29, 1.82) is 0 Å². The Labute approximate surface area is 192 Å². The largest absolute Gasteiger partial charge is 0.378 e. The van der Waals surface area contributed by atoms with Crippen LogP contribution in [0.2, 0.25) is 0 Å². The van der Waals surface area contributed by atoms with E-state index in [1.165, 1.54) is 28.2 Å². The van der Waals surface area contributed by atoms with Gasteiger partial charge in [0.25, 0.3) is 0 Å². The molecule has 0 saturated heterocycles. The highest BCUT2D eigenvalue weighted by Crippen LogP contribution is 2.38. The van der Waals surface area contributed by atoms with Crippen molar-refractivity contribution in [2.75, 3.05) is 57.0 Å². The van der Waals surface area contributed by atoms with Crippen LogP contribution in [-0.4, -0.2) is 48.1 Å². The number of benzene rings is 3. The Morgan fingerprint density at radius 3 is 1.41 bits per heavy atom. The van der Waals surface area contributed by atoms with Crippen LogP contribution >= 0.6 is 0 Å². The van der Waals surface area contributed by atoms with Gasteiger partial charge in [-0.3, -0.25) is 4.99 Å². The second-order valence-electron chi connectivity index (χ2n) is 8.96. The maximum Gasteiger partial charge on any atom is 0.129 e. The zero-order valence-corrected chi connectivity index (χ0v) is 19.9. The van der Waals surface area contributed by atoms with Gasteiger partial charge in [0.2, 0.25) is 0 Å². The molecule has 0 amide bonds. The summed E-state index contributed by atoms with van der Waals surface area (Å²) in [6, 6.07) is 26.2. The molecule has 5 nitrogen and oxygen atoms in total. The Kier molecular flexibility index (Phi) is 6.08. The molecule has 1 aliphatic heterocycles. The van der Waals surface area contributed by atoms with Gasteiger partial charge in [0.15, 0.2) is 0 Å². The van der Waals surface area contributed by atoms with Crippen LogP contribution in [0.4, 0.5) is 17.1 Å². The van der Waals surface area contributed by atoms with E-state index in [1.807, 2.05) is 0 Å². The van der Waals surface area contributed by atoms with Gasteiger partial charge in [-0.25, -0.2) is 0 Å². The Morgan fingerprint density at radius 2 is 0.969 bits per heavy atom. The summed E-state index contributed by atoms with van der Waals surface area (Å²) in [6.45, 7) is 0. The van der Waals surface area contributed by atoms with Gasteiger partial charge in [-0.1, -0.05) is 24.3 Å². The van der Waals surface area contributed by atoms with E-state index in [0.717, 1.165) is 11.4 Å². The van der Waals surface area contributed by atoms with Crippen molar-refractivity contribution >= 4 is 22.9 Å². The van der Waals surface area contributed by atoms with Crippen molar-refractivity contribution in [2.24, 2.45) is 4.99 Å². The van der Waals surface area contributed by atoms with Crippen molar-refractivity contribution in [2.45, 2.75) is 12.1 Å². The Bertz CT molecular complexity index is 1060. The molecule has 166 valence electrons. The average molecular weight is 428 g/mol. The first-order valence-electron chi connectivity index (χ1n) is 11.0. The van der Waals surface area contributed by atoms with E-state index >= 15 is 0 Å². The quantitative estimate of drug-likeness (QED) is 0.617. The van der Waals surface area contributed by atoms with E-state index in [2.05, 4.69) is 135 Å². The maximum absolute atomic E-state index is 5.16. The van der Waals surface area contributed by atoms with Gasteiger partial charge in [0.05, 0.1) is 6.04 Å². The number of amidine groups is 1. The van der Waals surface area contributed by atoms with E-state index in [1.54, 1.807) is 0 Å². The second-order valence-corrected chi connectivity index (χ2v) is 8.96. The van der Waals surface area contributed by atoms with Gasteiger partial charge >= 0.3 is 0 Å². The smallest absolute Gasteiger partial charge is 0.129 e. The topological polar surface area (TPSA) is 34.1 Å². The van der Waals surface area contributed by atoms with Crippen LogP contribution in [0.25, 0.3) is 0 Å². The SMILES string of the molecule is CN(C)c1ccc(C2=N[C@@H](c3ccc(N(C)C)cc3)[C@@H](c3ccc(N(C)C)cc3)N2)cc1. The summed E-state index contributed by atoms with van der Waals surface area (Å²) in [5.41, 5.74) is 7.12. The molecule has 5 heteroatoms. The number of nitrogens with one attached hydrogen (secondary N) is 1. The van der Waals surface area contributed by atoms with Crippen molar-refractivity contribution in [1.82, 2.24) is 5.32 Å². The standard InChI is InChI=1S/C27H33N5/c1-30(2)22-13-7-19(8-14-22)25-26(20-9-15-23(16-10-20)31(3)4)29-27(28-25)21-11-17-24(18-12-21)32(5)6/h7-18,25-26H,1-6H3,(H,28,29)/t25-,26+. The molecule has 3 aromatic carbocycles. The first kappa shape index (κ1) is 21.8. The summed E-state index contributed by atoms with van der Waals surface area (Å²) < 4.78 is 0. The lowest BCUT2D eigenvalue weighted by Gasteiger charge is -2.22. The Hall–Kier alpha value is -3.47. The lowest BCUT2D eigenvalue weighted by atomic mass is 9.94. The number of rotatable bonds is 6. The molecule has 0 aromatic heterocycles. The molecule has 0 saturated carbocycles. The van der Waals surface area contributed by atoms with Crippen LogP contribution in [0.15, 0.2) is 77.8 Å². The molecule has 0 bridgehead atoms. The Balaban J connectivity index is 1.69. The highest BCUT2D eigenvalue weighted by Gasteiger charge is 2.32. The number of anilines is 3. The molecule has 4 rings (SSSR count). The summed E-state index contributed by atoms with van der Waals surface area (Å²) in [7, 11) is 12.4. The molecule has 0 fully saturated rings. The third-order valence-corrected chi connectivity index (χ3v) is 6.05. The van der Waals surface area contributed by atoms with Crippen molar-refractivity contribution in [3.05, 3.63) is 89.5 Å². The van der Waals surface area contributed by atoms with Gasteiger partial charge in [-0.2, -0.15) is 0 Å². The van der Waals surface area contributed by atoms with Gasteiger partial charge in [-0.05, 0) is 59.7 Å². The molecular weight excluding hydrogens is 394 g/mol. The highest BCUT2D eigenvalue weighted by molar-refractivity contribution is 6.00. The van der Waals surface area contributed by atoms with Crippen molar-refractivity contribution < 1.29 is 0 Å². The minimum Gasteiger partial charge on any atom is -0.378 e. The summed E-state index contributed by atoms with van der Waals surface area (Å²) in [5, 5.41) is 3.72. The molecule has 1 heterocycles. The number of hydrogen-bond acceptors (Lipinski definition) is 5. The van der Waals surface area contributed by atoms with Crippen molar-refractivity contribution in [3.8, 4) is 0 Å². The zero-order valence-electron chi connectivity index (χ0n) is 19.9. The van der Waals surface area contributed by atoms with E-state index < -0.39 is 0 Å². The average Bonchev–Trinajstić information content (AvgIpc) is 3.24. The van der Waals surface area contributed by atoms with E-state index in [-0.39, 0.29) is 12.1 Å². The summed E-state index contributed by atoms with van der Waals surface area (Å²) in [5.74, 6) is 0.943. The molecule has 0 unspecified atom stereocenters. The molecule has 3 aromatic rings. The third kappa shape index (κ3) is 4.42. The lowest BCUT2D eigenvalue weighted by Crippen LogP contribution is -2.25. The van der Waals surface area contributed by atoms with Crippen LogP contribution < -0.4 is 20.0 Å². The molecule has 0 radical (unpaired) electrons. The van der Waals surface area contributed by atoms with Gasteiger partial charge < -0.3 is 20.0 Å². The fourth-order valence-corrected chi connectivity index (χ4v) is 4.03. The number of nitrogens with zero attached hydrogens (tertiary/aromatic N) is 4. The summed E-state index contributed by atoms with van der Waals surface area (Å²) >= 11 is 0. The van der Waals surface area contributed by atoms with Crippen molar-refractivity contribution in [3.63, 3.8) is 0 Å². The fourth-order valence-electron chi connectivity index (χ4n) is 4.03. The number of aliphatic imine (C=N–C) groups is 1. The van der Waals surface area contributed by atoms with Crippen LogP contribution in [0.3, 0.4) is 0 Å². The van der Waals surface area contributed by atoms with Gasteiger partial charge in [-0.15, -0.1) is 0 Å². The zero-order chi connectivity index (χ0) is 22.8. The summed E-state index contributed by atoms with van der Waals surface area (Å²) in [6.07, 6.45) is 0. The molecule has 1 N–H and O–H groups in total. The first-order valence-corrected chi connectivity index (χ1v) is 11.0. The predicted molar refractivity (Wildman–Crippen MR) is 137 cm³/mol. The lowest BCUT2D eigenvalue weighted by molar-refractivity contribution is 0.572. The molecule has 2 atom stereocenters. The minimum absolute atomic E-state index is 0.0138. The number of hydrogen-bond donors (Lipinski definition) is 1. The molecule has 32 heavy (non-hydrogen) atoms. The molecule has 0 aliphatic carbocycles. The molecule has 0 spiro atoms. The van der Waals surface area contributed by atoms with E-state index in [4.69, 9.17) is 4.99 Å². The van der Waals surface area contributed by atoms with E-state index in [0.29, 0.717) is 0 Å². The third-order valence-electron chi connectivity index (χ3n) is 6.05. The van der Waals surface area contributed by atoms with E-state index in [9.17, 15) is 0 Å². The molecule has 1 aliphatic rings. The van der Waals surface area contributed by atoms with Gasteiger partial charge in [0, 0.05) is 64.9 Å². The summed E-state index contributed by atoms with van der Waals surface area (Å²) in [4.78, 5) is 11.5. The molecular formula is C27H33N5. The second kappa shape index (κ2) is 8.95. The van der Waals surface area contributed by atoms with Gasteiger partial charge in [0.1, 0.15) is 11.9 Å². The van der Waals surface area contributed by atoms with Crippen LogP contribution in [0.5, 0.6) is 0 Å². The maximum atomic E-state index is 5.16. The Morgan fingerprint density at radius 1 is 0.562 bits per heavy atom. The minimum atomic E-state index is 0.0138. The van der Waals surface area contributed by atoms with Crippen LogP contribution in [-0.2, 0) is 0 Å².